The van der Waals surface area contributed by atoms with Crippen LogP contribution in [0.4, 0.5) is 11.4 Å². The molecule has 0 fully saturated rings. The quantitative estimate of drug-likeness (QED) is 0.363. The topological polar surface area (TPSA) is 115 Å². The van der Waals surface area contributed by atoms with Crippen LogP contribution in [-0.4, -0.2) is 16.6 Å². The van der Waals surface area contributed by atoms with Gasteiger partial charge in [0, 0.05) is 6.07 Å². The molecule has 0 unspecified atom stereocenters. The Morgan fingerprint density at radius 2 is 2.21 bits per heavy atom. The fourth-order valence-corrected chi connectivity index (χ4v) is 1.05. The molecule has 0 aliphatic rings. The zero-order valence-electron chi connectivity index (χ0n) is 7.38. The highest BCUT2D eigenvalue weighted by Gasteiger charge is 2.14. The highest BCUT2D eigenvalue weighted by atomic mass is 16.6. The SMILES string of the molecule is Nc1ccc([C@H](N)CO)cc1[N+](=O)[O-]. The Balaban J connectivity index is 3.12. The van der Waals surface area contributed by atoms with Crippen LogP contribution in [0.2, 0.25) is 0 Å². The highest BCUT2D eigenvalue weighted by Crippen LogP contribution is 2.24. The van der Waals surface area contributed by atoms with Crippen LogP contribution in [0.3, 0.4) is 0 Å². The fraction of sp³-hybridized carbons (Fsp3) is 0.250. The highest BCUT2D eigenvalue weighted by molar-refractivity contribution is 5.59. The summed E-state index contributed by atoms with van der Waals surface area (Å²) in [6.45, 7) is -0.263. The Hall–Kier alpha value is -1.66. The minimum Gasteiger partial charge on any atom is -0.394 e. The minimum absolute atomic E-state index is 0.0869. The van der Waals surface area contributed by atoms with Crippen molar-refractivity contribution in [3.05, 3.63) is 33.9 Å². The molecule has 1 rings (SSSR count). The maximum Gasteiger partial charge on any atom is 0.292 e. The van der Waals surface area contributed by atoms with Gasteiger partial charge < -0.3 is 16.6 Å². The smallest absolute Gasteiger partial charge is 0.292 e. The number of nitrogen functional groups attached to an aromatic ring is 1. The molecule has 0 aliphatic carbocycles. The largest absolute Gasteiger partial charge is 0.394 e. The lowest BCUT2D eigenvalue weighted by Crippen LogP contribution is -2.14. The standard InChI is InChI=1S/C8H11N3O3/c9-6-2-1-5(7(10)4-12)3-8(6)11(13)14/h1-3,7,12H,4,9-10H2/t7-/m1/s1. The third-order valence-corrected chi connectivity index (χ3v) is 1.88. The van der Waals surface area contributed by atoms with E-state index >= 15 is 0 Å². The maximum absolute atomic E-state index is 10.5. The second-order valence-corrected chi connectivity index (χ2v) is 2.86. The van der Waals surface area contributed by atoms with Gasteiger partial charge in [-0.1, -0.05) is 6.07 Å². The normalized spacial score (nSPS) is 12.4. The van der Waals surface area contributed by atoms with Crippen LogP contribution in [-0.2, 0) is 0 Å². The van der Waals surface area contributed by atoms with Gasteiger partial charge in [0.25, 0.3) is 5.69 Å². The lowest BCUT2D eigenvalue weighted by Gasteiger charge is -2.08. The molecule has 0 spiro atoms. The molecule has 6 nitrogen and oxygen atoms in total. The van der Waals surface area contributed by atoms with Crippen LogP contribution in [0, 0.1) is 10.1 Å². The van der Waals surface area contributed by atoms with E-state index in [0.29, 0.717) is 5.56 Å². The Kier molecular flexibility index (Phi) is 3.00. The van der Waals surface area contributed by atoms with Gasteiger partial charge in [0.1, 0.15) is 5.69 Å². The third-order valence-electron chi connectivity index (χ3n) is 1.88. The van der Waals surface area contributed by atoms with E-state index in [4.69, 9.17) is 16.6 Å². The van der Waals surface area contributed by atoms with Gasteiger partial charge in [-0.3, -0.25) is 10.1 Å². The van der Waals surface area contributed by atoms with Gasteiger partial charge in [0.15, 0.2) is 0 Å². The van der Waals surface area contributed by atoms with E-state index < -0.39 is 11.0 Å². The summed E-state index contributed by atoms with van der Waals surface area (Å²) in [6.07, 6.45) is 0. The summed E-state index contributed by atoms with van der Waals surface area (Å²) < 4.78 is 0. The van der Waals surface area contributed by atoms with Crippen LogP contribution in [0.1, 0.15) is 11.6 Å². The van der Waals surface area contributed by atoms with E-state index in [2.05, 4.69) is 0 Å². The molecule has 5 N–H and O–H groups in total. The summed E-state index contributed by atoms with van der Waals surface area (Å²) >= 11 is 0. The average molecular weight is 197 g/mol. The van der Waals surface area contributed by atoms with Crippen molar-refractivity contribution in [3.63, 3.8) is 0 Å². The summed E-state index contributed by atoms with van der Waals surface area (Å²) in [4.78, 5) is 9.93. The van der Waals surface area contributed by atoms with E-state index in [1.165, 1.54) is 12.1 Å². The van der Waals surface area contributed by atoms with Crippen LogP contribution in [0.5, 0.6) is 0 Å². The number of nitro groups is 1. The molecule has 0 saturated heterocycles. The molecular weight excluding hydrogens is 186 g/mol. The van der Waals surface area contributed by atoms with Crippen LogP contribution < -0.4 is 11.5 Å². The number of nitro benzene ring substituents is 1. The third kappa shape index (κ3) is 1.98. The number of rotatable bonds is 3. The molecule has 0 aromatic heterocycles. The first-order valence-electron chi connectivity index (χ1n) is 3.96. The molecular formula is C8H11N3O3. The van der Waals surface area contributed by atoms with Crippen molar-refractivity contribution in [1.82, 2.24) is 0 Å². The van der Waals surface area contributed by atoms with E-state index in [-0.39, 0.29) is 18.0 Å². The molecule has 1 aromatic rings. The molecule has 6 heteroatoms. The number of benzene rings is 1. The molecule has 0 saturated carbocycles. The fourth-order valence-electron chi connectivity index (χ4n) is 1.05. The van der Waals surface area contributed by atoms with E-state index in [1.54, 1.807) is 6.07 Å². The van der Waals surface area contributed by atoms with Crippen LogP contribution in [0.15, 0.2) is 18.2 Å². The van der Waals surface area contributed by atoms with Gasteiger partial charge in [0.2, 0.25) is 0 Å². The zero-order chi connectivity index (χ0) is 10.7. The van der Waals surface area contributed by atoms with Crippen molar-refractivity contribution in [1.29, 1.82) is 0 Å². The first kappa shape index (κ1) is 10.4. The number of nitrogens with two attached hydrogens (primary N) is 2. The first-order valence-corrected chi connectivity index (χ1v) is 3.96. The molecule has 0 aliphatic heterocycles. The van der Waals surface area contributed by atoms with Crippen molar-refractivity contribution in [3.8, 4) is 0 Å². The Morgan fingerprint density at radius 1 is 1.57 bits per heavy atom. The van der Waals surface area contributed by atoms with Gasteiger partial charge in [0.05, 0.1) is 17.6 Å². The summed E-state index contributed by atoms with van der Waals surface area (Å²) in [5, 5.41) is 19.3. The molecule has 76 valence electrons. The number of anilines is 1. The molecule has 0 amide bonds. The lowest BCUT2D eigenvalue weighted by atomic mass is 10.1. The van der Waals surface area contributed by atoms with Gasteiger partial charge in [-0.25, -0.2) is 0 Å². The van der Waals surface area contributed by atoms with E-state index in [0.717, 1.165) is 0 Å². The first-order chi connectivity index (χ1) is 6.56. The van der Waals surface area contributed by atoms with Gasteiger partial charge in [-0.15, -0.1) is 0 Å². The summed E-state index contributed by atoms with van der Waals surface area (Å²) in [5.74, 6) is 0. The van der Waals surface area contributed by atoms with Crippen molar-refractivity contribution in [2.75, 3.05) is 12.3 Å². The Bertz CT molecular complexity index is 354. The van der Waals surface area contributed by atoms with Crippen molar-refractivity contribution >= 4 is 11.4 Å². The van der Waals surface area contributed by atoms with Gasteiger partial charge in [-0.2, -0.15) is 0 Å². The van der Waals surface area contributed by atoms with Crippen LogP contribution >= 0.6 is 0 Å². The van der Waals surface area contributed by atoms with Crippen molar-refractivity contribution in [2.24, 2.45) is 5.73 Å². The molecule has 1 aromatic carbocycles. The minimum atomic E-state index is -0.616. The summed E-state index contributed by atoms with van der Waals surface area (Å²) in [5.41, 5.74) is 11.3. The Morgan fingerprint density at radius 3 is 2.71 bits per heavy atom. The molecule has 0 heterocycles. The predicted molar refractivity (Wildman–Crippen MR) is 51.5 cm³/mol. The molecule has 14 heavy (non-hydrogen) atoms. The van der Waals surface area contributed by atoms with Gasteiger partial charge >= 0.3 is 0 Å². The monoisotopic (exact) mass is 197 g/mol. The molecule has 0 radical (unpaired) electrons. The number of nitrogens with zero attached hydrogens (tertiary/aromatic N) is 1. The van der Waals surface area contributed by atoms with Gasteiger partial charge in [-0.05, 0) is 11.6 Å². The summed E-state index contributed by atoms with van der Waals surface area (Å²) in [6, 6.07) is 3.62. The predicted octanol–water partition coefficient (Wildman–Crippen LogP) is 0.169. The average Bonchev–Trinajstić information content (AvgIpc) is 2.17. The maximum atomic E-state index is 10.5. The summed E-state index contributed by atoms with van der Waals surface area (Å²) in [7, 11) is 0. The zero-order valence-corrected chi connectivity index (χ0v) is 7.38. The van der Waals surface area contributed by atoms with E-state index in [1.807, 2.05) is 0 Å². The number of hydrogen-bond acceptors (Lipinski definition) is 5. The molecule has 0 bridgehead atoms. The lowest BCUT2D eigenvalue weighted by molar-refractivity contribution is -0.384. The number of hydrogen-bond donors (Lipinski definition) is 3. The number of aliphatic hydroxyl groups is 1. The second-order valence-electron chi connectivity index (χ2n) is 2.86. The Labute approximate surface area is 80.3 Å². The second kappa shape index (κ2) is 4.03. The number of aliphatic hydroxyl groups excluding tert-OH is 1. The van der Waals surface area contributed by atoms with Crippen molar-refractivity contribution in [2.45, 2.75) is 6.04 Å². The van der Waals surface area contributed by atoms with Crippen LogP contribution in [0.25, 0.3) is 0 Å². The van der Waals surface area contributed by atoms with Crippen molar-refractivity contribution < 1.29 is 10.0 Å². The van der Waals surface area contributed by atoms with E-state index in [9.17, 15) is 10.1 Å². The molecule has 1 atom stereocenters.